The number of anilines is 1. The van der Waals surface area contributed by atoms with Crippen molar-refractivity contribution in [3.8, 4) is 0 Å². The minimum Gasteiger partial charge on any atom is -0.478 e. The van der Waals surface area contributed by atoms with Crippen LogP contribution >= 0.6 is 0 Å². The predicted molar refractivity (Wildman–Crippen MR) is 87.0 cm³/mol. The molecular weight excluding hydrogens is 336 g/mol. The molecule has 2 rings (SSSR count). The highest BCUT2D eigenvalue weighted by molar-refractivity contribution is 7.92. The van der Waals surface area contributed by atoms with Crippen LogP contribution in [0.15, 0.2) is 59.5 Å². The molecule has 0 aromatic heterocycles. The van der Waals surface area contributed by atoms with Gasteiger partial charge in [-0.05, 0) is 29.8 Å². The molecular formula is C15H12N2O6S. The second-order valence-electron chi connectivity index (χ2n) is 4.62. The third-order valence-corrected chi connectivity index (χ3v) is 4.36. The van der Waals surface area contributed by atoms with Crippen molar-refractivity contribution in [3.05, 3.63) is 70.3 Å². The number of sulfonamides is 1. The molecule has 0 radical (unpaired) electrons. The molecule has 0 unspecified atom stereocenters. The van der Waals surface area contributed by atoms with E-state index in [4.69, 9.17) is 5.11 Å². The number of nitro groups is 1. The fourth-order valence-corrected chi connectivity index (χ4v) is 3.11. The first-order valence-corrected chi connectivity index (χ1v) is 8.05. The third-order valence-electron chi connectivity index (χ3n) is 2.93. The molecule has 0 spiro atoms. The van der Waals surface area contributed by atoms with E-state index in [1.165, 1.54) is 42.5 Å². The average molecular weight is 348 g/mol. The Hall–Kier alpha value is -3.20. The summed E-state index contributed by atoms with van der Waals surface area (Å²) in [6.45, 7) is 0. The summed E-state index contributed by atoms with van der Waals surface area (Å²) in [4.78, 5) is 20.2. The van der Waals surface area contributed by atoms with Gasteiger partial charge in [0.15, 0.2) is 4.90 Å². The standard InChI is InChI=1S/C15H12N2O6S/c18-15(19)10-7-11-5-8-12(9-6-11)16-24(22,23)14-4-2-1-3-13(14)17(20)21/h1-10,16H,(H,18,19)/b10-7+. The summed E-state index contributed by atoms with van der Waals surface area (Å²) in [6.07, 6.45) is 2.30. The van der Waals surface area contributed by atoms with Crippen LogP contribution < -0.4 is 4.72 Å². The Morgan fingerprint density at radius 3 is 2.33 bits per heavy atom. The summed E-state index contributed by atoms with van der Waals surface area (Å²) in [7, 11) is -4.13. The van der Waals surface area contributed by atoms with Gasteiger partial charge >= 0.3 is 5.97 Å². The van der Waals surface area contributed by atoms with Gasteiger partial charge in [0.25, 0.3) is 15.7 Å². The number of nitrogens with zero attached hydrogens (tertiary/aromatic N) is 1. The summed E-state index contributed by atoms with van der Waals surface area (Å²) < 4.78 is 26.9. The van der Waals surface area contributed by atoms with E-state index in [9.17, 15) is 23.3 Å². The Balaban J connectivity index is 2.27. The quantitative estimate of drug-likeness (QED) is 0.469. The Morgan fingerprint density at radius 2 is 1.75 bits per heavy atom. The normalized spacial score (nSPS) is 11.3. The number of rotatable bonds is 6. The maximum Gasteiger partial charge on any atom is 0.328 e. The molecule has 2 aromatic carbocycles. The Kier molecular flexibility index (Phi) is 4.95. The van der Waals surface area contributed by atoms with Crippen molar-refractivity contribution < 1.29 is 23.2 Å². The van der Waals surface area contributed by atoms with Crippen molar-refractivity contribution >= 4 is 33.4 Å². The number of hydrogen-bond acceptors (Lipinski definition) is 5. The molecule has 0 fully saturated rings. The lowest BCUT2D eigenvalue weighted by Gasteiger charge is -2.08. The van der Waals surface area contributed by atoms with Gasteiger partial charge in [-0.25, -0.2) is 13.2 Å². The van der Waals surface area contributed by atoms with Gasteiger partial charge in [-0.15, -0.1) is 0 Å². The second-order valence-corrected chi connectivity index (χ2v) is 6.27. The molecule has 0 saturated heterocycles. The number of aliphatic carboxylic acids is 1. The summed E-state index contributed by atoms with van der Waals surface area (Å²) in [5.41, 5.74) is 0.234. The van der Waals surface area contributed by atoms with E-state index in [2.05, 4.69) is 4.72 Å². The van der Waals surface area contributed by atoms with Crippen molar-refractivity contribution in [2.45, 2.75) is 4.90 Å². The van der Waals surface area contributed by atoms with Crippen molar-refractivity contribution in [2.24, 2.45) is 0 Å². The van der Waals surface area contributed by atoms with E-state index in [0.717, 1.165) is 18.2 Å². The fraction of sp³-hybridized carbons (Fsp3) is 0. The lowest BCUT2D eigenvalue weighted by atomic mass is 10.2. The molecule has 2 N–H and O–H groups in total. The number of nitrogens with one attached hydrogen (secondary N) is 1. The molecule has 124 valence electrons. The number of carboxylic acids is 1. The summed E-state index contributed by atoms with van der Waals surface area (Å²) >= 11 is 0. The molecule has 0 bridgehead atoms. The third kappa shape index (κ3) is 4.17. The minimum atomic E-state index is -4.13. The highest BCUT2D eigenvalue weighted by Gasteiger charge is 2.24. The molecule has 8 nitrogen and oxygen atoms in total. The molecule has 0 aliphatic heterocycles. The van der Waals surface area contributed by atoms with Gasteiger partial charge < -0.3 is 5.11 Å². The molecule has 2 aromatic rings. The first kappa shape index (κ1) is 17.2. The zero-order chi connectivity index (χ0) is 17.7. The van der Waals surface area contributed by atoms with Crippen LogP contribution in [0.25, 0.3) is 6.08 Å². The summed E-state index contributed by atoms with van der Waals surface area (Å²) in [5, 5.41) is 19.5. The van der Waals surface area contributed by atoms with Crippen molar-refractivity contribution in [1.82, 2.24) is 0 Å². The van der Waals surface area contributed by atoms with Crippen LogP contribution in [-0.2, 0) is 14.8 Å². The van der Waals surface area contributed by atoms with Crippen molar-refractivity contribution in [1.29, 1.82) is 0 Å². The maximum absolute atomic E-state index is 12.3. The number of carboxylic acid groups (broad SMARTS) is 1. The second kappa shape index (κ2) is 6.92. The molecule has 0 atom stereocenters. The van der Waals surface area contributed by atoms with Gasteiger partial charge in [-0.2, -0.15) is 0 Å². The van der Waals surface area contributed by atoms with Crippen LogP contribution in [0.4, 0.5) is 11.4 Å². The number of nitro benzene ring substituents is 1. The van der Waals surface area contributed by atoms with Crippen LogP contribution in [0, 0.1) is 10.1 Å². The van der Waals surface area contributed by atoms with Gasteiger partial charge in [0, 0.05) is 17.8 Å². The molecule has 9 heteroatoms. The van der Waals surface area contributed by atoms with Crippen molar-refractivity contribution in [2.75, 3.05) is 4.72 Å². The van der Waals surface area contributed by atoms with Gasteiger partial charge in [0.05, 0.1) is 4.92 Å². The Morgan fingerprint density at radius 1 is 1.12 bits per heavy atom. The topological polar surface area (TPSA) is 127 Å². The van der Waals surface area contributed by atoms with Crippen LogP contribution in [0.1, 0.15) is 5.56 Å². The van der Waals surface area contributed by atoms with Gasteiger partial charge in [0.2, 0.25) is 0 Å². The highest BCUT2D eigenvalue weighted by atomic mass is 32.2. The van der Waals surface area contributed by atoms with Crippen LogP contribution in [-0.4, -0.2) is 24.4 Å². The van der Waals surface area contributed by atoms with Gasteiger partial charge in [-0.3, -0.25) is 14.8 Å². The zero-order valence-electron chi connectivity index (χ0n) is 12.1. The predicted octanol–water partition coefficient (Wildman–Crippen LogP) is 2.49. The van der Waals surface area contributed by atoms with Gasteiger partial charge in [-0.1, -0.05) is 24.3 Å². The molecule has 0 aliphatic rings. The number of benzene rings is 2. The van der Waals surface area contributed by atoms with E-state index >= 15 is 0 Å². The van der Waals surface area contributed by atoms with Crippen LogP contribution in [0.2, 0.25) is 0 Å². The van der Waals surface area contributed by atoms with E-state index < -0.39 is 31.5 Å². The smallest absolute Gasteiger partial charge is 0.328 e. The highest BCUT2D eigenvalue weighted by Crippen LogP contribution is 2.25. The SMILES string of the molecule is O=C(O)/C=C/c1ccc(NS(=O)(=O)c2ccccc2[N+](=O)[O-])cc1. The minimum absolute atomic E-state index is 0.195. The first-order chi connectivity index (χ1) is 11.3. The van der Waals surface area contributed by atoms with Crippen LogP contribution in [0.5, 0.6) is 0 Å². The maximum atomic E-state index is 12.3. The average Bonchev–Trinajstić information content (AvgIpc) is 2.54. The van der Waals surface area contributed by atoms with E-state index in [-0.39, 0.29) is 5.69 Å². The van der Waals surface area contributed by atoms with Gasteiger partial charge in [0.1, 0.15) is 0 Å². The number of para-hydroxylation sites is 1. The largest absolute Gasteiger partial charge is 0.478 e. The van der Waals surface area contributed by atoms with E-state index in [0.29, 0.717) is 5.56 Å². The lowest BCUT2D eigenvalue weighted by molar-refractivity contribution is -0.387. The molecule has 24 heavy (non-hydrogen) atoms. The first-order valence-electron chi connectivity index (χ1n) is 6.57. The van der Waals surface area contributed by atoms with Crippen LogP contribution in [0.3, 0.4) is 0 Å². The lowest BCUT2D eigenvalue weighted by Crippen LogP contribution is -2.14. The van der Waals surface area contributed by atoms with E-state index in [1.54, 1.807) is 0 Å². The molecule has 0 saturated carbocycles. The molecule has 0 amide bonds. The molecule has 0 aliphatic carbocycles. The zero-order valence-corrected chi connectivity index (χ0v) is 12.9. The van der Waals surface area contributed by atoms with Crippen molar-refractivity contribution in [3.63, 3.8) is 0 Å². The Labute approximate surface area is 137 Å². The summed E-state index contributed by atoms with van der Waals surface area (Å²) in [5.74, 6) is -1.10. The Bertz CT molecular complexity index is 904. The molecule has 0 heterocycles. The summed E-state index contributed by atoms with van der Waals surface area (Å²) in [6, 6.07) is 10.9. The number of hydrogen-bond donors (Lipinski definition) is 2. The number of carbonyl (C=O) groups is 1. The van der Waals surface area contributed by atoms with E-state index in [1.807, 2.05) is 0 Å². The monoisotopic (exact) mass is 348 g/mol. The fourth-order valence-electron chi connectivity index (χ4n) is 1.88.